The predicted octanol–water partition coefficient (Wildman–Crippen LogP) is 3.36. The van der Waals surface area contributed by atoms with Crippen molar-refractivity contribution in [3.63, 3.8) is 0 Å². The van der Waals surface area contributed by atoms with Crippen LogP contribution in [0.25, 0.3) is 0 Å². The van der Waals surface area contributed by atoms with Gasteiger partial charge in [0.25, 0.3) is 0 Å². The third kappa shape index (κ3) is 4.00. The van der Waals surface area contributed by atoms with Gasteiger partial charge in [0.15, 0.2) is 0 Å². The summed E-state index contributed by atoms with van der Waals surface area (Å²) in [5, 5.41) is 3.14. The van der Waals surface area contributed by atoms with Crippen LogP contribution < -0.4 is 5.32 Å². The fraction of sp³-hybridized carbons (Fsp3) is 0.333. The van der Waals surface area contributed by atoms with Crippen LogP contribution in [0, 0.1) is 5.82 Å². The molecule has 4 heteroatoms. The molecule has 0 saturated heterocycles. The first-order valence-electron chi connectivity index (χ1n) is 3.91. The van der Waals surface area contributed by atoms with Gasteiger partial charge >= 0.3 is 0 Å². The Morgan fingerprint density at radius 3 is 2.85 bits per heavy atom. The van der Waals surface area contributed by atoms with Crippen LogP contribution in [-0.2, 0) is 0 Å². The van der Waals surface area contributed by atoms with Gasteiger partial charge in [-0.2, -0.15) is 11.8 Å². The zero-order valence-electron chi connectivity index (χ0n) is 7.31. The van der Waals surface area contributed by atoms with Gasteiger partial charge in [0.2, 0.25) is 0 Å². The number of thioether (sulfide) groups is 1. The molecule has 1 rings (SSSR count). The number of hydrogen-bond donors (Lipinski definition) is 1. The van der Waals surface area contributed by atoms with Crippen molar-refractivity contribution in [3.8, 4) is 0 Å². The molecular formula is C9H11BrFNS. The van der Waals surface area contributed by atoms with E-state index in [1.54, 1.807) is 11.8 Å². The van der Waals surface area contributed by atoms with Crippen LogP contribution in [0.15, 0.2) is 22.7 Å². The van der Waals surface area contributed by atoms with E-state index in [9.17, 15) is 4.39 Å². The molecule has 0 saturated carbocycles. The summed E-state index contributed by atoms with van der Waals surface area (Å²) in [5.74, 6) is 0.801. The topological polar surface area (TPSA) is 12.0 Å². The summed E-state index contributed by atoms with van der Waals surface area (Å²) in [5.41, 5.74) is 0.820. The molecule has 0 heterocycles. The fourth-order valence-electron chi connectivity index (χ4n) is 0.953. The Bertz CT molecular complexity index is 260. The molecule has 72 valence electrons. The fourth-order valence-corrected chi connectivity index (χ4v) is 1.72. The van der Waals surface area contributed by atoms with Crippen molar-refractivity contribution >= 4 is 33.4 Å². The van der Waals surface area contributed by atoms with Crippen LogP contribution in [0.2, 0.25) is 0 Å². The molecule has 0 amide bonds. The lowest BCUT2D eigenvalue weighted by Gasteiger charge is -2.05. The van der Waals surface area contributed by atoms with Crippen LogP contribution in [0.5, 0.6) is 0 Å². The molecule has 13 heavy (non-hydrogen) atoms. The van der Waals surface area contributed by atoms with E-state index in [1.165, 1.54) is 12.1 Å². The number of rotatable bonds is 4. The van der Waals surface area contributed by atoms with E-state index in [1.807, 2.05) is 12.3 Å². The van der Waals surface area contributed by atoms with Crippen molar-refractivity contribution < 1.29 is 4.39 Å². The first-order chi connectivity index (χ1) is 6.22. The van der Waals surface area contributed by atoms with Crippen LogP contribution in [0.4, 0.5) is 10.1 Å². The monoisotopic (exact) mass is 263 g/mol. The Balaban J connectivity index is 2.56. The molecule has 0 atom stereocenters. The molecule has 1 N–H and O–H groups in total. The van der Waals surface area contributed by atoms with E-state index in [0.717, 1.165) is 22.5 Å². The molecule has 0 spiro atoms. The number of anilines is 1. The first kappa shape index (κ1) is 10.9. The quantitative estimate of drug-likeness (QED) is 0.837. The summed E-state index contributed by atoms with van der Waals surface area (Å²) >= 11 is 5.00. The van der Waals surface area contributed by atoms with E-state index in [4.69, 9.17) is 0 Å². The van der Waals surface area contributed by atoms with E-state index in [-0.39, 0.29) is 5.82 Å². The second-order valence-electron chi connectivity index (χ2n) is 2.58. The zero-order valence-corrected chi connectivity index (χ0v) is 9.71. The molecule has 0 unspecified atom stereocenters. The lowest BCUT2D eigenvalue weighted by Crippen LogP contribution is -2.03. The van der Waals surface area contributed by atoms with Gasteiger partial charge in [0.05, 0.1) is 0 Å². The minimum Gasteiger partial charge on any atom is -0.384 e. The highest BCUT2D eigenvalue weighted by Gasteiger charge is 1.97. The summed E-state index contributed by atoms with van der Waals surface area (Å²) in [6, 6.07) is 4.80. The van der Waals surface area contributed by atoms with Crippen LogP contribution in [-0.4, -0.2) is 18.6 Å². The maximum atomic E-state index is 12.9. The molecule has 0 aromatic heterocycles. The van der Waals surface area contributed by atoms with Crippen molar-refractivity contribution in [1.29, 1.82) is 0 Å². The summed E-state index contributed by atoms with van der Waals surface area (Å²) in [7, 11) is 0. The third-order valence-corrected chi connectivity index (χ3v) is 2.57. The van der Waals surface area contributed by atoms with E-state index in [0.29, 0.717) is 0 Å². The lowest BCUT2D eigenvalue weighted by atomic mass is 10.3. The highest BCUT2D eigenvalue weighted by molar-refractivity contribution is 9.10. The standard InChI is InChI=1S/C9H11BrFNS/c1-13-3-2-12-9-5-7(10)4-8(11)6-9/h4-6,12H,2-3H2,1H3. The van der Waals surface area contributed by atoms with Crippen molar-refractivity contribution in [1.82, 2.24) is 0 Å². The largest absolute Gasteiger partial charge is 0.384 e. The summed E-state index contributed by atoms with van der Waals surface area (Å²) in [6.07, 6.45) is 2.04. The molecule has 0 aliphatic heterocycles. The molecule has 1 aromatic carbocycles. The minimum absolute atomic E-state index is 0.221. The molecule has 0 aliphatic rings. The number of benzene rings is 1. The van der Waals surface area contributed by atoms with Gasteiger partial charge in [0.1, 0.15) is 5.82 Å². The van der Waals surface area contributed by atoms with Gasteiger partial charge in [-0.25, -0.2) is 4.39 Å². The lowest BCUT2D eigenvalue weighted by molar-refractivity contribution is 0.627. The molecular weight excluding hydrogens is 253 g/mol. The first-order valence-corrected chi connectivity index (χ1v) is 6.10. The maximum absolute atomic E-state index is 12.9. The maximum Gasteiger partial charge on any atom is 0.126 e. The average Bonchev–Trinajstić information content (AvgIpc) is 2.03. The molecule has 1 nitrogen and oxygen atoms in total. The predicted molar refractivity (Wildman–Crippen MR) is 61.0 cm³/mol. The van der Waals surface area contributed by atoms with Gasteiger partial charge in [-0.05, 0) is 24.5 Å². The summed E-state index contributed by atoms with van der Waals surface area (Å²) < 4.78 is 13.6. The Labute approximate surface area is 90.2 Å². The van der Waals surface area contributed by atoms with Gasteiger partial charge in [-0.15, -0.1) is 0 Å². The van der Waals surface area contributed by atoms with Crippen molar-refractivity contribution in [2.45, 2.75) is 0 Å². The number of hydrogen-bond acceptors (Lipinski definition) is 2. The highest BCUT2D eigenvalue weighted by atomic mass is 79.9. The molecule has 0 fully saturated rings. The van der Waals surface area contributed by atoms with Crippen molar-refractivity contribution in [2.24, 2.45) is 0 Å². The third-order valence-electron chi connectivity index (χ3n) is 1.50. The van der Waals surface area contributed by atoms with Gasteiger partial charge in [0, 0.05) is 22.5 Å². The van der Waals surface area contributed by atoms with Gasteiger partial charge < -0.3 is 5.32 Å². The smallest absolute Gasteiger partial charge is 0.126 e. The minimum atomic E-state index is -0.221. The SMILES string of the molecule is CSCCNc1cc(F)cc(Br)c1. The van der Waals surface area contributed by atoms with E-state index in [2.05, 4.69) is 21.2 Å². The van der Waals surface area contributed by atoms with Gasteiger partial charge in [-0.1, -0.05) is 15.9 Å². The summed E-state index contributed by atoms with van der Waals surface area (Å²) in [4.78, 5) is 0. The van der Waals surface area contributed by atoms with Gasteiger partial charge in [-0.3, -0.25) is 0 Å². The van der Waals surface area contributed by atoms with Crippen molar-refractivity contribution in [2.75, 3.05) is 23.9 Å². The average molecular weight is 264 g/mol. The zero-order chi connectivity index (χ0) is 9.68. The Morgan fingerprint density at radius 1 is 1.46 bits per heavy atom. The molecule has 0 aliphatic carbocycles. The van der Waals surface area contributed by atoms with Crippen LogP contribution in [0.3, 0.4) is 0 Å². The second kappa shape index (κ2) is 5.50. The Morgan fingerprint density at radius 2 is 2.23 bits per heavy atom. The van der Waals surface area contributed by atoms with Crippen molar-refractivity contribution in [3.05, 3.63) is 28.5 Å². The summed E-state index contributed by atoms with van der Waals surface area (Å²) in [6.45, 7) is 0.858. The molecule has 0 radical (unpaired) electrons. The highest BCUT2D eigenvalue weighted by Crippen LogP contribution is 2.18. The normalized spacial score (nSPS) is 10.1. The Hall–Kier alpha value is -0.220. The second-order valence-corrected chi connectivity index (χ2v) is 4.48. The van der Waals surface area contributed by atoms with E-state index < -0.39 is 0 Å². The number of nitrogens with one attached hydrogen (secondary N) is 1. The molecule has 1 aromatic rings. The molecule has 0 bridgehead atoms. The Kier molecular flexibility index (Phi) is 4.59. The van der Waals surface area contributed by atoms with E-state index >= 15 is 0 Å². The number of halogens is 2. The van der Waals surface area contributed by atoms with Crippen LogP contribution in [0.1, 0.15) is 0 Å². The van der Waals surface area contributed by atoms with Crippen LogP contribution >= 0.6 is 27.7 Å².